The zero-order chi connectivity index (χ0) is 22.7. The Morgan fingerprint density at radius 3 is 2.69 bits per heavy atom. The number of methoxy groups -OCH3 is 2. The van der Waals surface area contributed by atoms with E-state index in [-0.39, 0.29) is 23.3 Å². The van der Waals surface area contributed by atoms with E-state index in [0.29, 0.717) is 32.8 Å². The Morgan fingerprint density at radius 2 is 1.94 bits per heavy atom. The predicted molar refractivity (Wildman–Crippen MR) is 121 cm³/mol. The van der Waals surface area contributed by atoms with Crippen molar-refractivity contribution in [3.8, 4) is 22.1 Å². The minimum Gasteiger partial charge on any atom is -0.494 e. The highest BCUT2D eigenvalue weighted by molar-refractivity contribution is 7.17. The molecule has 0 radical (unpaired) electrons. The number of ether oxygens (including phenoxy) is 3. The molecule has 3 aromatic rings. The quantitative estimate of drug-likeness (QED) is 0.507. The summed E-state index contributed by atoms with van der Waals surface area (Å²) in [6.07, 6.45) is 5.93. The zero-order valence-electron chi connectivity index (χ0n) is 17.8. The van der Waals surface area contributed by atoms with E-state index in [0.717, 1.165) is 25.0 Å². The highest BCUT2D eigenvalue weighted by Crippen LogP contribution is 2.35. The van der Waals surface area contributed by atoms with Crippen molar-refractivity contribution in [3.63, 3.8) is 0 Å². The number of carbonyl (C=O) groups is 1. The molecule has 2 atom stereocenters. The maximum absolute atomic E-state index is 13.1. The molecule has 1 saturated carbocycles. The van der Waals surface area contributed by atoms with Crippen molar-refractivity contribution >= 4 is 34.0 Å². The van der Waals surface area contributed by atoms with Crippen LogP contribution in [0.4, 0.5) is 5.13 Å². The number of rotatable bonds is 7. The first kappa shape index (κ1) is 22.4. The Hall–Kier alpha value is -2.82. The molecule has 3 heterocycles. The van der Waals surface area contributed by atoms with Crippen molar-refractivity contribution in [2.24, 2.45) is 0 Å². The average Bonchev–Trinajstić information content (AvgIpc) is 3.43. The summed E-state index contributed by atoms with van der Waals surface area (Å²) in [6, 6.07) is 3.45. The molecule has 4 rings (SSSR count). The monoisotopic (exact) mass is 475 g/mol. The summed E-state index contributed by atoms with van der Waals surface area (Å²) in [6.45, 7) is 1.84. The van der Waals surface area contributed by atoms with Gasteiger partial charge in [0.25, 0.3) is 11.1 Å². The number of aryl methyl sites for hydroxylation is 1. The van der Waals surface area contributed by atoms with Crippen molar-refractivity contribution < 1.29 is 19.0 Å². The lowest BCUT2D eigenvalue weighted by molar-refractivity contribution is 0.0944. The van der Waals surface area contributed by atoms with Crippen LogP contribution in [0.25, 0.3) is 11.1 Å². The van der Waals surface area contributed by atoms with E-state index in [1.165, 1.54) is 30.8 Å². The van der Waals surface area contributed by atoms with Crippen LogP contribution in [0.15, 0.2) is 24.5 Å². The highest BCUT2D eigenvalue weighted by Gasteiger charge is 2.27. The largest absolute Gasteiger partial charge is 0.494 e. The molecular weight excluding hydrogens is 454 g/mol. The molecule has 0 aromatic carbocycles. The molecule has 3 aromatic heterocycles. The van der Waals surface area contributed by atoms with Crippen LogP contribution in [-0.4, -0.2) is 52.5 Å². The van der Waals surface area contributed by atoms with Crippen LogP contribution < -0.4 is 14.8 Å². The van der Waals surface area contributed by atoms with Gasteiger partial charge in [0.05, 0.1) is 25.0 Å². The number of pyridine rings is 2. The summed E-state index contributed by atoms with van der Waals surface area (Å²) in [7, 11) is 3.24. The molecule has 1 N–H and O–H groups in total. The number of carbonyl (C=O) groups excluding carboxylic acids is 1. The minimum atomic E-state index is -0.384. The third kappa shape index (κ3) is 4.98. The second-order valence-electron chi connectivity index (χ2n) is 7.32. The van der Waals surface area contributed by atoms with E-state index in [2.05, 4.69) is 25.5 Å². The van der Waals surface area contributed by atoms with Crippen molar-refractivity contribution in [2.45, 2.75) is 38.4 Å². The second kappa shape index (κ2) is 9.76. The molecule has 1 aliphatic rings. The van der Waals surface area contributed by atoms with E-state index < -0.39 is 0 Å². The van der Waals surface area contributed by atoms with Gasteiger partial charge < -0.3 is 14.2 Å². The smallest absolute Gasteiger partial charge is 0.296 e. The van der Waals surface area contributed by atoms with Gasteiger partial charge in [0.1, 0.15) is 17.0 Å². The first-order valence-corrected chi connectivity index (χ1v) is 11.2. The minimum absolute atomic E-state index is 0.0354. The van der Waals surface area contributed by atoms with Crippen LogP contribution in [0.1, 0.15) is 35.3 Å². The van der Waals surface area contributed by atoms with Gasteiger partial charge in [-0.2, -0.15) is 0 Å². The third-order valence-electron chi connectivity index (χ3n) is 5.19. The molecule has 0 unspecified atom stereocenters. The lowest BCUT2D eigenvalue weighted by atomic mass is 10.0. The third-order valence-corrected chi connectivity index (χ3v) is 6.13. The summed E-state index contributed by atoms with van der Waals surface area (Å²) >= 11 is 7.27. The number of aromatic nitrogens is 4. The Bertz CT molecular complexity index is 1130. The van der Waals surface area contributed by atoms with Gasteiger partial charge in [-0.25, -0.2) is 4.98 Å². The number of hydrogen-bond donors (Lipinski definition) is 1. The number of amides is 1. The molecule has 11 heteroatoms. The molecule has 0 aliphatic heterocycles. The van der Waals surface area contributed by atoms with E-state index in [9.17, 15) is 4.79 Å². The normalized spacial score (nSPS) is 17.9. The van der Waals surface area contributed by atoms with E-state index in [4.69, 9.17) is 25.8 Å². The van der Waals surface area contributed by atoms with Gasteiger partial charge in [-0.15, -0.1) is 5.10 Å². The molecule has 32 heavy (non-hydrogen) atoms. The van der Waals surface area contributed by atoms with Crippen LogP contribution in [-0.2, 0) is 4.74 Å². The first-order valence-electron chi connectivity index (χ1n) is 9.97. The number of anilines is 1. The Balaban J connectivity index is 1.54. The van der Waals surface area contributed by atoms with Crippen LogP contribution in [0.2, 0.25) is 5.15 Å². The summed E-state index contributed by atoms with van der Waals surface area (Å²) in [5.74, 6) is 0.108. The summed E-state index contributed by atoms with van der Waals surface area (Å²) in [5.41, 5.74) is 2.34. The van der Waals surface area contributed by atoms with Crippen LogP contribution in [0.3, 0.4) is 0 Å². The number of halogens is 1. The maximum Gasteiger partial charge on any atom is 0.296 e. The number of hydrogen-bond acceptors (Lipinski definition) is 9. The topological polar surface area (TPSA) is 108 Å². The van der Waals surface area contributed by atoms with Gasteiger partial charge in [0.15, 0.2) is 0 Å². The predicted octanol–water partition coefficient (Wildman–Crippen LogP) is 4.16. The fourth-order valence-corrected chi connectivity index (χ4v) is 4.41. The van der Waals surface area contributed by atoms with E-state index >= 15 is 0 Å². The van der Waals surface area contributed by atoms with Gasteiger partial charge >= 0.3 is 0 Å². The van der Waals surface area contributed by atoms with Crippen LogP contribution in [0.5, 0.6) is 10.9 Å². The SMILES string of the molecule is COc1cnc(Cl)cc1-c1cc(C)ncc1C(=O)Nc1nnc(O[C@@H]2CC[C@H](OC)C2)s1. The zero-order valence-corrected chi connectivity index (χ0v) is 19.4. The molecule has 1 aliphatic carbocycles. The fraction of sp³-hybridized carbons (Fsp3) is 0.381. The standard InChI is InChI=1S/C21H22ClN5O4S/c1-11-6-14(15-8-18(22)24-10-17(15)30-3)16(9-23-11)19(28)25-20-26-27-21(32-20)31-13-5-4-12(7-13)29-2/h6,8-10,12-13H,4-5,7H2,1-3H3,(H,25,26,28)/t12-,13+/m0/s1. The van der Waals surface area contributed by atoms with Crippen molar-refractivity contribution in [1.29, 1.82) is 0 Å². The molecule has 1 fully saturated rings. The molecular formula is C21H22ClN5O4S. The Labute approximate surface area is 194 Å². The van der Waals surface area contributed by atoms with Gasteiger partial charge in [-0.05, 0) is 43.2 Å². The Morgan fingerprint density at radius 1 is 1.12 bits per heavy atom. The fourth-order valence-electron chi connectivity index (χ4n) is 3.59. The summed E-state index contributed by atoms with van der Waals surface area (Å²) in [4.78, 5) is 21.4. The highest BCUT2D eigenvalue weighted by atomic mass is 35.5. The van der Waals surface area contributed by atoms with Crippen molar-refractivity contribution in [2.75, 3.05) is 19.5 Å². The molecule has 9 nitrogen and oxygen atoms in total. The molecule has 168 valence electrons. The first-order chi connectivity index (χ1) is 15.5. The van der Waals surface area contributed by atoms with Crippen molar-refractivity contribution in [3.05, 3.63) is 40.9 Å². The maximum atomic E-state index is 13.1. The molecule has 1 amide bonds. The van der Waals surface area contributed by atoms with Crippen molar-refractivity contribution in [1.82, 2.24) is 20.2 Å². The van der Waals surface area contributed by atoms with Gasteiger partial charge in [0, 0.05) is 36.5 Å². The molecule has 0 saturated heterocycles. The molecule has 0 bridgehead atoms. The average molecular weight is 476 g/mol. The number of nitrogens with zero attached hydrogens (tertiary/aromatic N) is 4. The lowest BCUT2D eigenvalue weighted by Crippen LogP contribution is -2.14. The van der Waals surface area contributed by atoms with Gasteiger partial charge in [0.2, 0.25) is 5.13 Å². The van der Waals surface area contributed by atoms with Gasteiger partial charge in [-0.3, -0.25) is 15.1 Å². The van der Waals surface area contributed by atoms with E-state index in [1.54, 1.807) is 19.2 Å². The Kier molecular flexibility index (Phi) is 6.83. The number of nitrogens with one attached hydrogen (secondary N) is 1. The summed E-state index contributed by atoms with van der Waals surface area (Å²) < 4.78 is 16.7. The second-order valence-corrected chi connectivity index (χ2v) is 8.64. The van der Waals surface area contributed by atoms with Crippen LogP contribution in [0, 0.1) is 6.92 Å². The lowest BCUT2D eigenvalue weighted by Gasteiger charge is -2.13. The summed E-state index contributed by atoms with van der Waals surface area (Å²) in [5, 5.41) is 11.9. The van der Waals surface area contributed by atoms with Crippen LogP contribution >= 0.6 is 22.9 Å². The van der Waals surface area contributed by atoms with Gasteiger partial charge in [-0.1, -0.05) is 16.7 Å². The van der Waals surface area contributed by atoms with E-state index in [1.807, 2.05) is 6.92 Å². The molecule has 0 spiro atoms.